The molecule has 1 aromatic heterocycles. The lowest BCUT2D eigenvalue weighted by atomic mass is 10.2. The van der Waals surface area contributed by atoms with Gasteiger partial charge in [0, 0.05) is 43.9 Å². The molecule has 24 heavy (non-hydrogen) atoms. The van der Waals surface area contributed by atoms with E-state index in [1.165, 1.54) is 17.8 Å². The molecule has 1 aromatic rings. The van der Waals surface area contributed by atoms with E-state index in [9.17, 15) is 0 Å². The van der Waals surface area contributed by atoms with Gasteiger partial charge in [0.05, 0.1) is 5.01 Å². The maximum Gasteiger partial charge on any atom is 0.191 e. The summed E-state index contributed by atoms with van der Waals surface area (Å²) < 4.78 is 5.64. The first-order chi connectivity index (χ1) is 11.8. The Bertz CT molecular complexity index is 485. The third-order valence-electron chi connectivity index (χ3n) is 3.89. The fourth-order valence-corrected chi connectivity index (χ4v) is 3.18. The zero-order chi connectivity index (χ0) is 17.0. The maximum absolute atomic E-state index is 5.64. The number of hydrogen-bond donors (Lipinski definition) is 2. The molecule has 0 spiro atoms. The quantitative estimate of drug-likeness (QED) is 0.345. The number of aliphatic imine (C=N–C) groups is 1. The topological polar surface area (TPSA) is 58.5 Å². The highest BCUT2D eigenvalue weighted by molar-refractivity contribution is 7.09. The third kappa shape index (κ3) is 8.64. The molecule has 0 unspecified atom stereocenters. The van der Waals surface area contributed by atoms with Gasteiger partial charge in [0.15, 0.2) is 5.96 Å². The SMILES string of the molecule is CCNC(=NCCCOCC1CC1)NCCCCc1nc(C)cs1. The van der Waals surface area contributed by atoms with Crippen LogP contribution in [0.5, 0.6) is 0 Å². The summed E-state index contributed by atoms with van der Waals surface area (Å²) >= 11 is 1.77. The average Bonchev–Trinajstić information content (AvgIpc) is 3.31. The number of aryl methyl sites for hydroxylation is 2. The molecule has 0 bridgehead atoms. The second-order valence-corrected chi connectivity index (χ2v) is 7.34. The van der Waals surface area contributed by atoms with E-state index in [-0.39, 0.29) is 0 Å². The normalized spacial score (nSPS) is 14.8. The first-order valence-electron chi connectivity index (χ1n) is 9.29. The van der Waals surface area contributed by atoms with E-state index < -0.39 is 0 Å². The molecule has 2 N–H and O–H groups in total. The van der Waals surface area contributed by atoms with Gasteiger partial charge in [-0.15, -0.1) is 11.3 Å². The maximum atomic E-state index is 5.64. The second kappa shape index (κ2) is 11.4. The summed E-state index contributed by atoms with van der Waals surface area (Å²) in [6, 6.07) is 0. The van der Waals surface area contributed by atoms with Crippen LogP contribution in [0, 0.1) is 12.8 Å². The van der Waals surface area contributed by atoms with Crippen molar-refractivity contribution in [1.29, 1.82) is 0 Å². The van der Waals surface area contributed by atoms with Gasteiger partial charge in [-0.05, 0) is 58.3 Å². The van der Waals surface area contributed by atoms with Crippen LogP contribution < -0.4 is 10.6 Å². The average molecular weight is 353 g/mol. The molecule has 0 atom stereocenters. The molecule has 2 rings (SSSR count). The number of ether oxygens (including phenoxy) is 1. The van der Waals surface area contributed by atoms with Gasteiger partial charge in [-0.25, -0.2) is 4.98 Å². The van der Waals surface area contributed by atoms with Crippen molar-refractivity contribution in [1.82, 2.24) is 15.6 Å². The van der Waals surface area contributed by atoms with Crippen LogP contribution in [0.25, 0.3) is 0 Å². The summed E-state index contributed by atoms with van der Waals surface area (Å²) in [5.41, 5.74) is 1.14. The van der Waals surface area contributed by atoms with E-state index in [0.29, 0.717) is 0 Å². The number of rotatable bonds is 12. The van der Waals surface area contributed by atoms with Crippen LogP contribution in [0.15, 0.2) is 10.4 Å². The Hall–Kier alpha value is -1.14. The number of guanidine groups is 1. The Balaban J connectivity index is 1.51. The van der Waals surface area contributed by atoms with Crippen molar-refractivity contribution < 1.29 is 4.74 Å². The highest BCUT2D eigenvalue weighted by Gasteiger charge is 2.20. The van der Waals surface area contributed by atoms with Crippen LogP contribution in [0.3, 0.4) is 0 Å². The Labute approximate surface area is 150 Å². The summed E-state index contributed by atoms with van der Waals surface area (Å²) in [6.07, 6.45) is 7.07. The highest BCUT2D eigenvalue weighted by atomic mass is 32.1. The summed E-state index contributed by atoms with van der Waals surface area (Å²) in [6.45, 7) is 8.58. The molecule has 0 aromatic carbocycles. The van der Waals surface area contributed by atoms with E-state index in [2.05, 4.69) is 39.8 Å². The van der Waals surface area contributed by atoms with Crippen LogP contribution in [0.2, 0.25) is 0 Å². The molecule has 5 nitrogen and oxygen atoms in total. The molecular formula is C18H32N4OS. The zero-order valence-corrected chi connectivity index (χ0v) is 16.0. The minimum atomic E-state index is 0.818. The van der Waals surface area contributed by atoms with Crippen molar-refractivity contribution in [3.05, 3.63) is 16.1 Å². The van der Waals surface area contributed by atoms with Gasteiger partial charge < -0.3 is 15.4 Å². The minimum absolute atomic E-state index is 0.818. The van der Waals surface area contributed by atoms with Gasteiger partial charge in [0.2, 0.25) is 0 Å². The first-order valence-corrected chi connectivity index (χ1v) is 10.2. The number of nitrogens with zero attached hydrogens (tertiary/aromatic N) is 2. The van der Waals surface area contributed by atoms with Crippen LogP contribution in [0.4, 0.5) is 0 Å². The smallest absolute Gasteiger partial charge is 0.191 e. The Kier molecular flexibility index (Phi) is 9.13. The van der Waals surface area contributed by atoms with E-state index in [1.54, 1.807) is 11.3 Å². The molecule has 136 valence electrons. The molecule has 1 aliphatic carbocycles. The summed E-state index contributed by atoms with van der Waals surface area (Å²) in [5, 5.41) is 10.1. The van der Waals surface area contributed by atoms with Crippen molar-refractivity contribution in [3.8, 4) is 0 Å². The van der Waals surface area contributed by atoms with E-state index >= 15 is 0 Å². The molecule has 1 fully saturated rings. The van der Waals surface area contributed by atoms with Gasteiger partial charge in [0.25, 0.3) is 0 Å². The summed E-state index contributed by atoms with van der Waals surface area (Å²) in [4.78, 5) is 9.11. The largest absolute Gasteiger partial charge is 0.381 e. The van der Waals surface area contributed by atoms with E-state index in [1.807, 2.05) is 0 Å². The monoisotopic (exact) mass is 352 g/mol. The van der Waals surface area contributed by atoms with Gasteiger partial charge in [-0.1, -0.05) is 0 Å². The summed E-state index contributed by atoms with van der Waals surface area (Å²) in [5.74, 6) is 1.77. The third-order valence-corrected chi connectivity index (χ3v) is 4.91. The molecule has 1 heterocycles. The van der Waals surface area contributed by atoms with Crippen LogP contribution in [-0.2, 0) is 11.2 Å². The number of thiazole rings is 1. The lowest BCUT2D eigenvalue weighted by molar-refractivity contribution is 0.123. The first kappa shape index (κ1) is 19.2. The lowest BCUT2D eigenvalue weighted by Crippen LogP contribution is -2.37. The number of hydrogen-bond acceptors (Lipinski definition) is 4. The highest BCUT2D eigenvalue weighted by Crippen LogP contribution is 2.28. The number of aromatic nitrogens is 1. The van der Waals surface area contributed by atoms with Crippen molar-refractivity contribution in [2.75, 3.05) is 32.8 Å². The fourth-order valence-electron chi connectivity index (χ4n) is 2.36. The fraction of sp³-hybridized carbons (Fsp3) is 0.778. The molecule has 1 aliphatic rings. The van der Waals surface area contributed by atoms with Gasteiger partial charge >= 0.3 is 0 Å². The Morgan fingerprint density at radius 2 is 2.21 bits per heavy atom. The van der Waals surface area contributed by atoms with Crippen molar-refractivity contribution in [2.45, 2.75) is 52.4 Å². The molecular weight excluding hydrogens is 320 g/mol. The number of nitrogens with one attached hydrogen (secondary N) is 2. The molecule has 1 saturated carbocycles. The van der Waals surface area contributed by atoms with Crippen molar-refractivity contribution in [3.63, 3.8) is 0 Å². The standard InChI is InChI=1S/C18H32N4OS/c1-3-19-18(21-11-6-12-23-13-16-8-9-16)20-10-5-4-7-17-22-15(2)14-24-17/h14,16H,3-13H2,1-2H3,(H2,19,20,21). The molecule has 0 aliphatic heterocycles. The van der Waals surface area contributed by atoms with Crippen molar-refractivity contribution >= 4 is 17.3 Å². The van der Waals surface area contributed by atoms with Crippen LogP contribution in [0.1, 0.15) is 49.7 Å². The minimum Gasteiger partial charge on any atom is -0.381 e. The van der Waals surface area contributed by atoms with Gasteiger partial charge in [-0.3, -0.25) is 4.99 Å². The lowest BCUT2D eigenvalue weighted by Gasteiger charge is -2.11. The van der Waals surface area contributed by atoms with E-state index in [4.69, 9.17) is 4.74 Å². The van der Waals surface area contributed by atoms with Crippen LogP contribution >= 0.6 is 11.3 Å². The second-order valence-electron chi connectivity index (χ2n) is 6.40. The molecule has 0 saturated heterocycles. The number of unbranched alkanes of at least 4 members (excludes halogenated alkanes) is 1. The zero-order valence-electron chi connectivity index (χ0n) is 15.1. The molecule has 0 radical (unpaired) electrons. The molecule has 0 amide bonds. The predicted octanol–water partition coefficient (Wildman–Crippen LogP) is 3.15. The Morgan fingerprint density at radius 1 is 1.33 bits per heavy atom. The van der Waals surface area contributed by atoms with Gasteiger partial charge in [0.1, 0.15) is 0 Å². The van der Waals surface area contributed by atoms with E-state index in [0.717, 1.165) is 76.1 Å². The van der Waals surface area contributed by atoms with Gasteiger partial charge in [-0.2, -0.15) is 0 Å². The summed E-state index contributed by atoms with van der Waals surface area (Å²) in [7, 11) is 0. The molecule has 6 heteroatoms. The van der Waals surface area contributed by atoms with Crippen LogP contribution in [-0.4, -0.2) is 43.8 Å². The van der Waals surface area contributed by atoms with Crippen molar-refractivity contribution in [2.24, 2.45) is 10.9 Å². The predicted molar refractivity (Wildman–Crippen MR) is 102 cm³/mol. The Morgan fingerprint density at radius 3 is 2.92 bits per heavy atom.